The number of methoxy groups -OCH3 is 1. The molecule has 1 N–H and O–H groups in total. The molecule has 1 aromatic carbocycles. The maximum absolute atomic E-state index is 5.80. The minimum Gasteiger partial charge on any atom is -0.378 e. The number of benzene rings is 1. The second-order valence-electron chi connectivity index (χ2n) is 9.37. The molecular formula is C29H53NO2. The Morgan fingerprint density at radius 1 is 0.688 bits per heavy atom. The molecular weight excluding hydrogens is 394 g/mol. The van der Waals surface area contributed by atoms with E-state index >= 15 is 0 Å². The van der Waals surface area contributed by atoms with Crippen LogP contribution in [0.15, 0.2) is 30.3 Å². The van der Waals surface area contributed by atoms with Crippen molar-refractivity contribution < 1.29 is 9.47 Å². The molecule has 0 radical (unpaired) electrons. The van der Waals surface area contributed by atoms with Gasteiger partial charge in [-0.15, -0.1) is 0 Å². The van der Waals surface area contributed by atoms with E-state index in [1.807, 2.05) is 18.2 Å². The van der Waals surface area contributed by atoms with E-state index in [1.165, 1.54) is 108 Å². The van der Waals surface area contributed by atoms with Gasteiger partial charge in [-0.1, -0.05) is 134 Å². The molecule has 0 heterocycles. The monoisotopic (exact) mass is 447 g/mol. The number of ether oxygens (including phenoxy) is 2. The first kappa shape index (κ1) is 29.1. The van der Waals surface area contributed by atoms with Crippen molar-refractivity contribution in [1.29, 1.82) is 0 Å². The SMILES string of the molecule is CCCCCCCCCCCCCCCCCCNCC(COCc1ccccc1)OC. The maximum atomic E-state index is 5.80. The van der Waals surface area contributed by atoms with E-state index in [9.17, 15) is 0 Å². The molecule has 0 aliphatic heterocycles. The average molecular weight is 448 g/mol. The molecule has 0 saturated heterocycles. The number of hydrogen-bond donors (Lipinski definition) is 1. The van der Waals surface area contributed by atoms with Gasteiger partial charge in [0.1, 0.15) is 0 Å². The normalized spacial score (nSPS) is 12.3. The molecule has 1 rings (SSSR count). The van der Waals surface area contributed by atoms with E-state index < -0.39 is 0 Å². The van der Waals surface area contributed by atoms with Crippen LogP contribution in [0.5, 0.6) is 0 Å². The standard InChI is InChI=1S/C29H53NO2/c1-3-4-5-6-7-8-9-10-11-12-13-14-15-16-17-21-24-30-25-29(31-2)27-32-26-28-22-19-18-20-23-28/h18-20,22-23,29-30H,3-17,21,24-27H2,1-2H3. The van der Waals surface area contributed by atoms with Crippen LogP contribution in [-0.2, 0) is 16.1 Å². The van der Waals surface area contributed by atoms with Crippen LogP contribution in [0.2, 0.25) is 0 Å². The molecule has 0 spiro atoms. The molecule has 3 nitrogen and oxygen atoms in total. The first-order chi connectivity index (χ1) is 15.9. The van der Waals surface area contributed by atoms with Gasteiger partial charge in [0.25, 0.3) is 0 Å². The maximum Gasteiger partial charge on any atom is 0.0928 e. The summed E-state index contributed by atoms with van der Waals surface area (Å²) in [5.41, 5.74) is 1.21. The summed E-state index contributed by atoms with van der Waals surface area (Å²) in [7, 11) is 1.77. The summed E-state index contributed by atoms with van der Waals surface area (Å²) < 4.78 is 11.3. The lowest BCUT2D eigenvalue weighted by molar-refractivity contribution is 0.00286. The fourth-order valence-corrected chi connectivity index (χ4v) is 4.15. The number of rotatable bonds is 24. The molecule has 1 aromatic rings. The van der Waals surface area contributed by atoms with Gasteiger partial charge < -0.3 is 14.8 Å². The zero-order valence-corrected chi connectivity index (χ0v) is 21.4. The van der Waals surface area contributed by atoms with Crippen molar-refractivity contribution in [3.63, 3.8) is 0 Å². The Balaban J connectivity index is 1.77. The Morgan fingerprint density at radius 2 is 1.19 bits per heavy atom. The van der Waals surface area contributed by atoms with Gasteiger partial charge in [-0.2, -0.15) is 0 Å². The predicted molar refractivity (Wildman–Crippen MR) is 139 cm³/mol. The lowest BCUT2D eigenvalue weighted by atomic mass is 10.0. The van der Waals surface area contributed by atoms with E-state index in [4.69, 9.17) is 9.47 Å². The van der Waals surface area contributed by atoms with E-state index in [0.717, 1.165) is 13.1 Å². The highest BCUT2D eigenvalue weighted by molar-refractivity contribution is 5.13. The highest BCUT2D eigenvalue weighted by Gasteiger charge is 2.07. The predicted octanol–water partition coefficient (Wildman–Crippen LogP) is 8.07. The second-order valence-corrected chi connectivity index (χ2v) is 9.37. The molecule has 0 saturated carbocycles. The van der Waals surface area contributed by atoms with Crippen LogP contribution in [-0.4, -0.2) is 32.9 Å². The van der Waals surface area contributed by atoms with Gasteiger partial charge in [-0.05, 0) is 18.5 Å². The van der Waals surface area contributed by atoms with Crippen molar-refractivity contribution in [1.82, 2.24) is 5.32 Å². The molecule has 1 atom stereocenters. The van der Waals surface area contributed by atoms with Crippen LogP contribution in [0.1, 0.15) is 115 Å². The number of hydrogen-bond acceptors (Lipinski definition) is 3. The molecule has 0 amide bonds. The summed E-state index contributed by atoms with van der Waals surface area (Å²) in [5, 5.41) is 3.53. The number of unbranched alkanes of at least 4 members (excludes halogenated alkanes) is 15. The van der Waals surface area contributed by atoms with Gasteiger partial charge in [0.15, 0.2) is 0 Å². The van der Waals surface area contributed by atoms with Crippen molar-refractivity contribution in [2.75, 3.05) is 26.8 Å². The van der Waals surface area contributed by atoms with Crippen LogP contribution < -0.4 is 5.32 Å². The molecule has 0 fully saturated rings. The van der Waals surface area contributed by atoms with Gasteiger partial charge in [0.2, 0.25) is 0 Å². The Hall–Kier alpha value is -0.900. The number of nitrogens with one attached hydrogen (secondary N) is 1. The molecule has 1 unspecified atom stereocenters. The van der Waals surface area contributed by atoms with Crippen molar-refractivity contribution in [2.24, 2.45) is 0 Å². The van der Waals surface area contributed by atoms with Gasteiger partial charge in [-0.3, -0.25) is 0 Å². The molecule has 3 heteroatoms. The summed E-state index contributed by atoms with van der Waals surface area (Å²) >= 11 is 0. The third-order valence-electron chi connectivity index (χ3n) is 6.33. The Bertz CT molecular complexity index is 479. The Kier molecular flexibility index (Phi) is 21.2. The fourth-order valence-electron chi connectivity index (χ4n) is 4.15. The van der Waals surface area contributed by atoms with Crippen molar-refractivity contribution >= 4 is 0 Å². The van der Waals surface area contributed by atoms with Gasteiger partial charge >= 0.3 is 0 Å². The highest BCUT2D eigenvalue weighted by Crippen LogP contribution is 2.13. The molecule has 186 valence electrons. The van der Waals surface area contributed by atoms with E-state index in [2.05, 4.69) is 24.4 Å². The third kappa shape index (κ3) is 18.7. The summed E-state index contributed by atoms with van der Waals surface area (Å²) in [6.07, 6.45) is 22.8. The lowest BCUT2D eigenvalue weighted by Crippen LogP contribution is -2.32. The van der Waals surface area contributed by atoms with Gasteiger partial charge in [-0.25, -0.2) is 0 Å². The van der Waals surface area contributed by atoms with Gasteiger partial charge in [0, 0.05) is 13.7 Å². The topological polar surface area (TPSA) is 30.5 Å². The Labute approximate surface area is 200 Å². The quantitative estimate of drug-likeness (QED) is 0.162. The van der Waals surface area contributed by atoms with Gasteiger partial charge in [0.05, 0.1) is 19.3 Å². The van der Waals surface area contributed by atoms with E-state index in [-0.39, 0.29) is 6.10 Å². The molecule has 0 bridgehead atoms. The Morgan fingerprint density at radius 3 is 1.69 bits per heavy atom. The van der Waals surface area contributed by atoms with Crippen molar-refractivity contribution in [3.05, 3.63) is 35.9 Å². The molecule has 0 aliphatic rings. The van der Waals surface area contributed by atoms with Crippen molar-refractivity contribution in [3.8, 4) is 0 Å². The first-order valence-electron chi connectivity index (χ1n) is 13.7. The summed E-state index contributed by atoms with van der Waals surface area (Å²) in [4.78, 5) is 0. The zero-order chi connectivity index (χ0) is 23.0. The van der Waals surface area contributed by atoms with E-state index in [0.29, 0.717) is 13.2 Å². The molecule has 0 aliphatic carbocycles. The second kappa shape index (κ2) is 23.3. The summed E-state index contributed by atoms with van der Waals surface area (Å²) in [6, 6.07) is 10.3. The summed E-state index contributed by atoms with van der Waals surface area (Å²) in [5.74, 6) is 0. The summed E-state index contributed by atoms with van der Waals surface area (Å²) in [6.45, 7) is 5.53. The van der Waals surface area contributed by atoms with Crippen LogP contribution in [0, 0.1) is 0 Å². The van der Waals surface area contributed by atoms with Crippen molar-refractivity contribution in [2.45, 2.75) is 122 Å². The fraction of sp³-hybridized carbons (Fsp3) is 0.793. The smallest absolute Gasteiger partial charge is 0.0928 e. The van der Waals surface area contributed by atoms with Crippen LogP contribution in [0.4, 0.5) is 0 Å². The zero-order valence-electron chi connectivity index (χ0n) is 21.4. The largest absolute Gasteiger partial charge is 0.378 e. The van der Waals surface area contributed by atoms with Crippen LogP contribution in [0.3, 0.4) is 0 Å². The lowest BCUT2D eigenvalue weighted by Gasteiger charge is -2.16. The van der Waals surface area contributed by atoms with Crippen LogP contribution in [0.25, 0.3) is 0 Å². The molecule has 0 aromatic heterocycles. The highest BCUT2D eigenvalue weighted by atomic mass is 16.5. The molecule has 32 heavy (non-hydrogen) atoms. The minimum absolute atomic E-state index is 0.125. The first-order valence-corrected chi connectivity index (χ1v) is 13.7. The third-order valence-corrected chi connectivity index (χ3v) is 6.33. The van der Waals surface area contributed by atoms with E-state index in [1.54, 1.807) is 7.11 Å². The van der Waals surface area contributed by atoms with Crippen LogP contribution >= 0.6 is 0 Å². The minimum atomic E-state index is 0.125. The average Bonchev–Trinajstić information content (AvgIpc) is 2.82.